The van der Waals surface area contributed by atoms with Gasteiger partial charge in [0.1, 0.15) is 11.8 Å². The van der Waals surface area contributed by atoms with E-state index >= 15 is 0 Å². The van der Waals surface area contributed by atoms with Gasteiger partial charge in [0.2, 0.25) is 0 Å². The molecule has 21 heavy (non-hydrogen) atoms. The second-order valence-electron chi connectivity index (χ2n) is 4.37. The second kappa shape index (κ2) is 7.36. The van der Waals surface area contributed by atoms with Crippen LogP contribution in [-0.4, -0.2) is 13.7 Å². The van der Waals surface area contributed by atoms with Crippen LogP contribution in [0.1, 0.15) is 24.3 Å². The minimum absolute atomic E-state index is 0.444. The lowest BCUT2D eigenvalue weighted by molar-refractivity contribution is 0.310. The first kappa shape index (κ1) is 14.9. The quantitative estimate of drug-likeness (QED) is 0.847. The van der Waals surface area contributed by atoms with Crippen LogP contribution in [0.15, 0.2) is 41.0 Å². The fourth-order valence-electron chi connectivity index (χ4n) is 2.00. The third-order valence-corrected chi connectivity index (χ3v) is 3.01. The summed E-state index contributed by atoms with van der Waals surface area (Å²) in [6, 6.07) is 11.0. The molecule has 1 unspecified atom stereocenters. The van der Waals surface area contributed by atoms with Crippen molar-refractivity contribution in [3.05, 3.63) is 47.9 Å². The van der Waals surface area contributed by atoms with Gasteiger partial charge in [0.05, 0.1) is 32.6 Å². The standard InChI is InChI=1S/C16H18N2O3/c1-3-20-16-9-12(6-7-15(16)19-2)14(10-17)18-11-13-5-4-8-21-13/h4-9,14,18H,3,11H2,1-2H3. The predicted octanol–water partition coefficient (Wildman–Crippen LogP) is 3.04. The third-order valence-electron chi connectivity index (χ3n) is 3.01. The van der Waals surface area contributed by atoms with Gasteiger partial charge in [-0.05, 0) is 36.8 Å². The Morgan fingerprint density at radius 1 is 1.33 bits per heavy atom. The van der Waals surface area contributed by atoms with Gasteiger partial charge in [0.15, 0.2) is 11.5 Å². The molecule has 0 saturated carbocycles. The van der Waals surface area contributed by atoms with Crippen LogP contribution in [0.3, 0.4) is 0 Å². The van der Waals surface area contributed by atoms with E-state index in [0.717, 1.165) is 11.3 Å². The number of hydrogen-bond donors (Lipinski definition) is 1. The first-order valence-electron chi connectivity index (χ1n) is 6.74. The largest absolute Gasteiger partial charge is 0.493 e. The average molecular weight is 286 g/mol. The van der Waals surface area contributed by atoms with Gasteiger partial charge >= 0.3 is 0 Å². The summed E-state index contributed by atoms with van der Waals surface area (Å²) in [5.74, 6) is 2.08. The molecule has 1 atom stereocenters. The van der Waals surface area contributed by atoms with E-state index in [1.54, 1.807) is 19.4 Å². The Labute approximate surface area is 124 Å². The molecule has 0 aliphatic carbocycles. The van der Waals surface area contributed by atoms with Gasteiger partial charge < -0.3 is 13.9 Å². The van der Waals surface area contributed by atoms with Crippen molar-refractivity contribution >= 4 is 0 Å². The highest BCUT2D eigenvalue weighted by Crippen LogP contribution is 2.30. The first-order chi connectivity index (χ1) is 10.3. The van der Waals surface area contributed by atoms with Crippen LogP contribution in [0.2, 0.25) is 0 Å². The summed E-state index contributed by atoms with van der Waals surface area (Å²) in [5, 5.41) is 12.5. The smallest absolute Gasteiger partial charge is 0.161 e. The topological polar surface area (TPSA) is 67.4 Å². The van der Waals surface area contributed by atoms with Crippen molar-refractivity contribution in [2.75, 3.05) is 13.7 Å². The molecule has 0 aliphatic rings. The summed E-state index contributed by atoms with van der Waals surface area (Å²) in [7, 11) is 1.59. The number of benzene rings is 1. The molecule has 0 fully saturated rings. The molecule has 1 aromatic heterocycles. The second-order valence-corrected chi connectivity index (χ2v) is 4.37. The summed E-state index contributed by atoms with van der Waals surface area (Å²) >= 11 is 0. The van der Waals surface area contributed by atoms with E-state index in [-0.39, 0.29) is 0 Å². The number of hydrogen-bond acceptors (Lipinski definition) is 5. The molecule has 0 aliphatic heterocycles. The van der Waals surface area contributed by atoms with Gasteiger partial charge in [-0.1, -0.05) is 6.07 Å². The number of rotatable bonds is 7. The van der Waals surface area contributed by atoms with E-state index in [0.29, 0.717) is 24.7 Å². The molecule has 5 nitrogen and oxygen atoms in total. The maximum atomic E-state index is 9.34. The molecule has 2 rings (SSSR count). The molecule has 1 aromatic carbocycles. The lowest BCUT2D eigenvalue weighted by Gasteiger charge is -2.14. The van der Waals surface area contributed by atoms with Gasteiger partial charge in [-0.25, -0.2) is 0 Å². The van der Waals surface area contributed by atoms with Crippen LogP contribution in [-0.2, 0) is 6.54 Å². The maximum absolute atomic E-state index is 9.34. The zero-order valence-corrected chi connectivity index (χ0v) is 12.1. The third kappa shape index (κ3) is 3.77. The van der Waals surface area contributed by atoms with Crippen LogP contribution < -0.4 is 14.8 Å². The van der Waals surface area contributed by atoms with Gasteiger partial charge in [-0.15, -0.1) is 0 Å². The Kier molecular flexibility index (Phi) is 5.24. The number of nitrogens with zero attached hydrogens (tertiary/aromatic N) is 1. The van der Waals surface area contributed by atoms with Crippen molar-refractivity contribution in [1.29, 1.82) is 5.26 Å². The lowest BCUT2D eigenvalue weighted by atomic mass is 10.1. The van der Waals surface area contributed by atoms with Crippen molar-refractivity contribution in [2.24, 2.45) is 0 Å². The first-order valence-corrected chi connectivity index (χ1v) is 6.74. The Balaban J connectivity index is 2.13. The number of nitrogens with one attached hydrogen (secondary N) is 1. The van der Waals surface area contributed by atoms with Crippen LogP contribution in [0, 0.1) is 11.3 Å². The summed E-state index contributed by atoms with van der Waals surface area (Å²) < 4.78 is 16.0. The zero-order chi connectivity index (χ0) is 15.1. The SMILES string of the molecule is CCOc1cc(C(C#N)NCc2ccco2)ccc1OC. The molecule has 5 heteroatoms. The Morgan fingerprint density at radius 3 is 2.81 bits per heavy atom. The molecular formula is C16H18N2O3. The van der Waals surface area contributed by atoms with Crippen LogP contribution in [0.5, 0.6) is 11.5 Å². The van der Waals surface area contributed by atoms with E-state index in [2.05, 4.69) is 11.4 Å². The van der Waals surface area contributed by atoms with E-state index in [1.807, 2.05) is 31.2 Å². The summed E-state index contributed by atoms with van der Waals surface area (Å²) in [5.41, 5.74) is 0.827. The monoisotopic (exact) mass is 286 g/mol. The van der Waals surface area contributed by atoms with Gasteiger partial charge in [0, 0.05) is 0 Å². The van der Waals surface area contributed by atoms with E-state index in [9.17, 15) is 5.26 Å². The molecule has 1 N–H and O–H groups in total. The van der Waals surface area contributed by atoms with Crippen molar-refractivity contribution in [3.8, 4) is 17.6 Å². The van der Waals surface area contributed by atoms with E-state index in [1.165, 1.54) is 0 Å². The molecule has 0 spiro atoms. The van der Waals surface area contributed by atoms with Gasteiger partial charge in [-0.3, -0.25) is 5.32 Å². The Hall–Kier alpha value is -2.45. The van der Waals surface area contributed by atoms with Crippen molar-refractivity contribution < 1.29 is 13.9 Å². The predicted molar refractivity (Wildman–Crippen MR) is 78.1 cm³/mol. The lowest BCUT2D eigenvalue weighted by Crippen LogP contribution is -2.19. The van der Waals surface area contributed by atoms with Crippen molar-refractivity contribution in [2.45, 2.75) is 19.5 Å². The highest BCUT2D eigenvalue weighted by molar-refractivity contribution is 5.44. The maximum Gasteiger partial charge on any atom is 0.161 e. The van der Waals surface area contributed by atoms with E-state index in [4.69, 9.17) is 13.9 Å². The fraction of sp³-hybridized carbons (Fsp3) is 0.312. The number of methoxy groups -OCH3 is 1. The summed E-state index contributed by atoms with van der Waals surface area (Å²) in [4.78, 5) is 0. The molecule has 0 saturated heterocycles. The van der Waals surface area contributed by atoms with E-state index < -0.39 is 6.04 Å². The molecule has 2 aromatic rings. The average Bonchev–Trinajstić information content (AvgIpc) is 3.02. The van der Waals surface area contributed by atoms with Gasteiger partial charge in [-0.2, -0.15) is 5.26 Å². The Morgan fingerprint density at radius 2 is 2.19 bits per heavy atom. The minimum atomic E-state index is -0.444. The normalized spacial score (nSPS) is 11.7. The molecule has 0 radical (unpaired) electrons. The van der Waals surface area contributed by atoms with Crippen molar-refractivity contribution in [3.63, 3.8) is 0 Å². The number of ether oxygens (including phenoxy) is 2. The summed E-state index contributed by atoms with van der Waals surface area (Å²) in [6.45, 7) is 2.93. The highest BCUT2D eigenvalue weighted by atomic mass is 16.5. The molecule has 1 heterocycles. The molecule has 0 amide bonds. The number of nitriles is 1. The van der Waals surface area contributed by atoms with Crippen LogP contribution >= 0.6 is 0 Å². The fourth-order valence-corrected chi connectivity index (χ4v) is 2.00. The minimum Gasteiger partial charge on any atom is -0.493 e. The number of furan rings is 1. The van der Waals surface area contributed by atoms with Crippen LogP contribution in [0.25, 0.3) is 0 Å². The molecular weight excluding hydrogens is 268 g/mol. The highest BCUT2D eigenvalue weighted by Gasteiger charge is 2.14. The zero-order valence-electron chi connectivity index (χ0n) is 12.1. The van der Waals surface area contributed by atoms with Gasteiger partial charge in [0.25, 0.3) is 0 Å². The van der Waals surface area contributed by atoms with Crippen molar-refractivity contribution in [1.82, 2.24) is 5.32 Å². The van der Waals surface area contributed by atoms with Crippen LogP contribution in [0.4, 0.5) is 0 Å². The Bertz CT molecular complexity index is 602. The molecule has 0 bridgehead atoms. The molecule has 110 valence electrons. The summed E-state index contributed by atoms with van der Waals surface area (Å²) in [6.07, 6.45) is 1.61.